The Labute approximate surface area is 115 Å². The molecule has 106 valence electrons. The third-order valence-electron chi connectivity index (χ3n) is 4.37. The molecule has 0 aliphatic carbocycles. The standard InChI is InChI=1S/C14H24N4O/c1-3-16-4-6-18(7-5-16)14-10-17(11-14)9-13-8-12(2)19-15-13/h8,14H,3-7,9-11H2,1-2H3. The molecule has 0 saturated carbocycles. The third kappa shape index (κ3) is 2.99. The molecule has 5 heteroatoms. The smallest absolute Gasteiger partial charge is 0.133 e. The molecule has 1 aromatic rings. The second-order valence-corrected chi connectivity index (χ2v) is 5.75. The summed E-state index contributed by atoms with van der Waals surface area (Å²) in [6.45, 7) is 13.6. The summed E-state index contributed by atoms with van der Waals surface area (Å²) in [5.41, 5.74) is 1.06. The van der Waals surface area contributed by atoms with E-state index >= 15 is 0 Å². The van der Waals surface area contributed by atoms with E-state index in [2.05, 4.69) is 26.8 Å². The van der Waals surface area contributed by atoms with Gasteiger partial charge in [0.05, 0.1) is 5.69 Å². The van der Waals surface area contributed by atoms with Crippen LogP contribution in [0.3, 0.4) is 0 Å². The zero-order valence-electron chi connectivity index (χ0n) is 12.0. The van der Waals surface area contributed by atoms with Crippen LogP contribution in [0.2, 0.25) is 0 Å². The highest BCUT2D eigenvalue weighted by molar-refractivity contribution is 5.05. The Morgan fingerprint density at radius 1 is 1.21 bits per heavy atom. The molecule has 0 N–H and O–H groups in total. The van der Waals surface area contributed by atoms with Gasteiger partial charge in [-0.1, -0.05) is 12.1 Å². The lowest BCUT2D eigenvalue weighted by molar-refractivity contribution is 0.00122. The first-order valence-corrected chi connectivity index (χ1v) is 7.35. The van der Waals surface area contributed by atoms with E-state index in [0.717, 1.165) is 24.0 Å². The van der Waals surface area contributed by atoms with Crippen molar-refractivity contribution < 1.29 is 4.52 Å². The summed E-state index contributed by atoms with van der Waals surface area (Å²) < 4.78 is 5.11. The van der Waals surface area contributed by atoms with E-state index < -0.39 is 0 Å². The van der Waals surface area contributed by atoms with Gasteiger partial charge in [0.25, 0.3) is 0 Å². The van der Waals surface area contributed by atoms with Gasteiger partial charge in [0.2, 0.25) is 0 Å². The van der Waals surface area contributed by atoms with Crippen LogP contribution in [-0.2, 0) is 6.54 Å². The average molecular weight is 264 g/mol. The fourth-order valence-electron chi connectivity index (χ4n) is 3.07. The maximum Gasteiger partial charge on any atom is 0.133 e. The van der Waals surface area contributed by atoms with Gasteiger partial charge >= 0.3 is 0 Å². The molecule has 0 atom stereocenters. The molecule has 0 bridgehead atoms. The minimum absolute atomic E-state index is 0.756. The van der Waals surface area contributed by atoms with Gasteiger partial charge in [0.15, 0.2) is 0 Å². The molecule has 0 spiro atoms. The van der Waals surface area contributed by atoms with Gasteiger partial charge in [-0.2, -0.15) is 0 Å². The van der Waals surface area contributed by atoms with E-state index in [0.29, 0.717) is 0 Å². The van der Waals surface area contributed by atoms with Gasteiger partial charge in [-0.05, 0) is 13.5 Å². The van der Waals surface area contributed by atoms with Crippen molar-refractivity contribution in [2.75, 3.05) is 45.8 Å². The summed E-state index contributed by atoms with van der Waals surface area (Å²) in [5.74, 6) is 0.905. The Kier molecular flexibility index (Phi) is 3.86. The predicted octanol–water partition coefficient (Wildman–Crippen LogP) is 0.805. The molecular formula is C14H24N4O. The number of likely N-dealkylation sites (N-methyl/N-ethyl adjacent to an activating group) is 1. The van der Waals surface area contributed by atoms with Crippen molar-refractivity contribution in [2.45, 2.75) is 26.4 Å². The van der Waals surface area contributed by atoms with E-state index in [1.807, 2.05) is 13.0 Å². The maximum atomic E-state index is 5.11. The molecule has 0 amide bonds. The summed E-state index contributed by atoms with van der Waals surface area (Å²) in [6.07, 6.45) is 0. The Morgan fingerprint density at radius 3 is 2.53 bits per heavy atom. The molecule has 2 fully saturated rings. The van der Waals surface area contributed by atoms with Crippen molar-refractivity contribution in [1.29, 1.82) is 0 Å². The van der Waals surface area contributed by atoms with Crippen molar-refractivity contribution in [2.24, 2.45) is 0 Å². The second kappa shape index (κ2) is 5.61. The number of nitrogens with zero attached hydrogens (tertiary/aromatic N) is 4. The Morgan fingerprint density at radius 2 is 1.95 bits per heavy atom. The highest BCUT2D eigenvalue weighted by Crippen LogP contribution is 2.19. The number of hydrogen-bond acceptors (Lipinski definition) is 5. The molecule has 2 aliphatic heterocycles. The van der Waals surface area contributed by atoms with E-state index in [1.54, 1.807) is 0 Å². The average Bonchev–Trinajstić information content (AvgIpc) is 2.79. The number of piperazine rings is 1. The van der Waals surface area contributed by atoms with Crippen molar-refractivity contribution >= 4 is 0 Å². The van der Waals surface area contributed by atoms with Crippen LogP contribution in [0.5, 0.6) is 0 Å². The summed E-state index contributed by atoms with van der Waals surface area (Å²) >= 11 is 0. The maximum absolute atomic E-state index is 5.11. The first-order valence-electron chi connectivity index (χ1n) is 7.35. The SMILES string of the molecule is CCN1CCN(C2CN(Cc3cc(C)on3)C2)CC1. The lowest BCUT2D eigenvalue weighted by Gasteiger charge is -2.48. The lowest BCUT2D eigenvalue weighted by Crippen LogP contribution is -2.62. The van der Waals surface area contributed by atoms with Gasteiger partial charge in [-0.3, -0.25) is 9.80 Å². The molecule has 0 unspecified atom stereocenters. The molecule has 0 aromatic carbocycles. The molecule has 2 saturated heterocycles. The molecule has 3 heterocycles. The highest BCUT2D eigenvalue weighted by Gasteiger charge is 2.33. The molecular weight excluding hydrogens is 240 g/mol. The monoisotopic (exact) mass is 264 g/mol. The van der Waals surface area contributed by atoms with E-state index in [4.69, 9.17) is 4.52 Å². The van der Waals surface area contributed by atoms with Crippen LogP contribution >= 0.6 is 0 Å². The zero-order valence-corrected chi connectivity index (χ0v) is 12.0. The van der Waals surface area contributed by atoms with E-state index in [9.17, 15) is 0 Å². The molecule has 0 radical (unpaired) electrons. The van der Waals surface area contributed by atoms with Gasteiger partial charge in [-0.25, -0.2) is 0 Å². The van der Waals surface area contributed by atoms with E-state index in [1.165, 1.54) is 45.8 Å². The Balaban J connectivity index is 1.41. The largest absolute Gasteiger partial charge is 0.361 e. The van der Waals surface area contributed by atoms with Gasteiger partial charge < -0.3 is 9.42 Å². The zero-order chi connectivity index (χ0) is 13.2. The fourth-order valence-corrected chi connectivity index (χ4v) is 3.07. The third-order valence-corrected chi connectivity index (χ3v) is 4.37. The van der Waals surface area contributed by atoms with Crippen LogP contribution in [0.15, 0.2) is 10.6 Å². The fraction of sp³-hybridized carbons (Fsp3) is 0.786. The molecule has 1 aromatic heterocycles. The van der Waals surface area contributed by atoms with Crippen molar-refractivity contribution in [1.82, 2.24) is 19.9 Å². The van der Waals surface area contributed by atoms with Crippen LogP contribution in [0.25, 0.3) is 0 Å². The van der Waals surface area contributed by atoms with Crippen LogP contribution in [0, 0.1) is 6.92 Å². The van der Waals surface area contributed by atoms with Gasteiger partial charge in [0, 0.05) is 57.9 Å². The number of likely N-dealkylation sites (tertiary alicyclic amines) is 1. The summed E-state index contributed by atoms with van der Waals surface area (Å²) in [4.78, 5) is 7.63. The predicted molar refractivity (Wildman–Crippen MR) is 74.0 cm³/mol. The normalized spacial score (nSPS) is 23.7. The van der Waals surface area contributed by atoms with Crippen LogP contribution in [0.4, 0.5) is 0 Å². The lowest BCUT2D eigenvalue weighted by atomic mass is 10.1. The van der Waals surface area contributed by atoms with Crippen molar-refractivity contribution in [3.63, 3.8) is 0 Å². The van der Waals surface area contributed by atoms with E-state index in [-0.39, 0.29) is 0 Å². The summed E-state index contributed by atoms with van der Waals surface area (Å²) in [7, 11) is 0. The first kappa shape index (κ1) is 13.1. The second-order valence-electron chi connectivity index (χ2n) is 5.75. The minimum atomic E-state index is 0.756. The van der Waals surface area contributed by atoms with Gasteiger partial charge in [-0.15, -0.1) is 0 Å². The highest BCUT2D eigenvalue weighted by atomic mass is 16.5. The molecule has 5 nitrogen and oxygen atoms in total. The molecule has 3 rings (SSSR count). The topological polar surface area (TPSA) is 35.8 Å². The number of aryl methyl sites for hydroxylation is 1. The molecule has 2 aliphatic rings. The number of rotatable bonds is 4. The van der Waals surface area contributed by atoms with Crippen LogP contribution < -0.4 is 0 Å². The van der Waals surface area contributed by atoms with Crippen molar-refractivity contribution in [3.8, 4) is 0 Å². The Hall–Kier alpha value is -0.910. The summed E-state index contributed by atoms with van der Waals surface area (Å²) in [5, 5.41) is 4.06. The van der Waals surface area contributed by atoms with Crippen molar-refractivity contribution in [3.05, 3.63) is 17.5 Å². The minimum Gasteiger partial charge on any atom is -0.361 e. The Bertz CT molecular complexity index is 405. The van der Waals surface area contributed by atoms with Gasteiger partial charge in [0.1, 0.15) is 5.76 Å². The quantitative estimate of drug-likeness (QED) is 0.804. The summed E-state index contributed by atoms with van der Waals surface area (Å²) in [6, 6.07) is 2.79. The first-order chi connectivity index (χ1) is 9.24. The number of aromatic nitrogens is 1. The number of hydrogen-bond donors (Lipinski definition) is 0. The van der Waals surface area contributed by atoms with Crippen LogP contribution in [-0.4, -0.2) is 71.7 Å². The van der Waals surface area contributed by atoms with Crippen LogP contribution in [0.1, 0.15) is 18.4 Å². The molecule has 19 heavy (non-hydrogen) atoms.